The normalized spacial score (nSPS) is 11.4. The summed E-state index contributed by atoms with van der Waals surface area (Å²) >= 11 is 3.63. The second kappa shape index (κ2) is 5.53. The van der Waals surface area contributed by atoms with Crippen LogP contribution in [0.5, 0.6) is 0 Å². The zero-order valence-electron chi connectivity index (χ0n) is 12.2. The smallest absolute Gasteiger partial charge is 0.112 e. The number of nitrogen functional groups attached to an aromatic ring is 1. The number of halogens is 1. The second-order valence-corrected chi connectivity index (χ2v) is 6.40. The minimum absolute atomic E-state index is 0.362. The van der Waals surface area contributed by atoms with Crippen molar-refractivity contribution in [2.45, 2.75) is 26.3 Å². The van der Waals surface area contributed by atoms with Crippen molar-refractivity contribution in [3.63, 3.8) is 0 Å². The average Bonchev–Trinajstić information content (AvgIpc) is 2.79. The molecule has 0 unspecified atom stereocenters. The third-order valence-electron chi connectivity index (χ3n) is 3.60. The van der Waals surface area contributed by atoms with E-state index in [1.165, 1.54) is 5.56 Å². The molecule has 2 aromatic carbocycles. The highest BCUT2D eigenvalue weighted by atomic mass is 79.9. The lowest BCUT2D eigenvalue weighted by molar-refractivity contribution is 0.682. The molecule has 0 saturated carbocycles. The fourth-order valence-corrected chi connectivity index (χ4v) is 2.98. The van der Waals surface area contributed by atoms with Crippen molar-refractivity contribution in [3.05, 3.63) is 58.3 Å². The van der Waals surface area contributed by atoms with Crippen LogP contribution in [-0.2, 0) is 6.54 Å². The molecule has 0 atom stereocenters. The van der Waals surface area contributed by atoms with Crippen LogP contribution in [0.1, 0.15) is 31.2 Å². The van der Waals surface area contributed by atoms with E-state index in [1.807, 2.05) is 18.2 Å². The summed E-state index contributed by atoms with van der Waals surface area (Å²) in [6.07, 6.45) is 0. The highest BCUT2D eigenvalue weighted by molar-refractivity contribution is 9.10. The van der Waals surface area contributed by atoms with Gasteiger partial charge in [0.2, 0.25) is 0 Å². The summed E-state index contributed by atoms with van der Waals surface area (Å²) in [5, 5.41) is 0. The SMILES string of the molecule is CC(C)c1nc2cc(N)ccc2n1Cc1ccccc1Br. The van der Waals surface area contributed by atoms with E-state index in [2.05, 4.69) is 58.6 Å². The molecule has 21 heavy (non-hydrogen) atoms. The van der Waals surface area contributed by atoms with Crippen LogP contribution in [-0.4, -0.2) is 9.55 Å². The lowest BCUT2D eigenvalue weighted by Gasteiger charge is -2.12. The van der Waals surface area contributed by atoms with E-state index in [0.29, 0.717) is 5.92 Å². The average molecular weight is 344 g/mol. The molecule has 108 valence electrons. The van der Waals surface area contributed by atoms with Crippen molar-refractivity contribution in [2.75, 3.05) is 5.73 Å². The van der Waals surface area contributed by atoms with E-state index in [0.717, 1.165) is 33.6 Å². The van der Waals surface area contributed by atoms with Gasteiger partial charge in [0.25, 0.3) is 0 Å². The van der Waals surface area contributed by atoms with Crippen LogP contribution in [0.15, 0.2) is 46.9 Å². The molecular weight excluding hydrogens is 326 g/mol. The number of fused-ring (bicyclic) bond motifs is 1. The van der Waals surface area contributed by atoms with Crippen LogP contribution in [0.25, 0.3) is 11.0 Å². The van der Waals surface area contributed by atoms with E-state index >= 15 is 0 Å². The third-order valence-corrected chi connectivity index (χ3v) is 4.38. The molecule has 0 aliphatic carbocycles. The molecule has 2 N–H and O–H groups in total. The Kier molecular flexibility index (Phi) is 3.72. The Labute approximate surface area is 132 Å². The molecule has 4 heteroatoms. The maximum atomic E-state index is 5.88. The lowest BCUT2D eigenvalue weighted by Crippen LogP contribution is -2.07. The number of rotatable bonds is 3. The van der Waals surface area contributed by atoms with Gasteiger partial charge in [-0.05, 0) is 29.8 Å². The Morgan fingerprint density at radius 2 is 1.95 bits per heavy atom. The molecule has 0 aliphatic rings. The van der Waals surface area contributed by atoms with Crippen molar-refractivity contribution in [1.82, 2.24) is 9.55 Å². The van der Waals surface area contributed by atoms with Crippen molar-refractivity contribution < 1.29 is 0 Å². The quantitative estimate of drug-likeness (QED) is 0.708. The fraction of sp³-hybridized carbons (Fsp3) is 0.235. The first-order chi connectivity index (χ1) is 10.1. The number of anilines is 1. The summed E-state index contributed by atoms with van der Waals surface area (Å²) < 4.78 is 3.40. The maximum Gasteiger partial charge on any atom is 0.112 e. The van der Waals surface area contributed by atoms with Gasteiger partial charge in [0, 0.05) is 16.1 Å². The van der Waals surface area contributed by atoms with Gasteiger partial charge in [-0.15, -0.1) is 0 Å². The number of hydrogen-bond acceptors (Lipinski definition) is 2. The number of benzene rings is 2. The summed E-state index contributed by atoms with van der Waals surface area (Å²) in [6, 6.07) is 14.2. The molecule has 0 saturated heterocycles. The molecule has 1 heterocycles. The van der Waals surface area contributed by atoms with E-state index in [9.17, 15) is 0 Å². The highest BCUT2D eigenvalue weighted by Crippen LogP contribution is 2.26. The van der Waals surface area contributed by atoms with Gasteiger partial charge >= 0.3 is 0 Å². The van der Waals surface area contributed by atoms with Crippen molar-refractivity contribution in [3.8, 4) is 0 Å². The standard InChI is InChI=1S/C17H18BrN3/c1-11(2)17-20-15-9-13(19)7-8-16(15)21(17)10-12-5-3-4-6-14(12)18/h3-9,11H,10,19H2,1-2H3. The number of nitrogens with two attached hydrogens (primary N) is 1. The molecule has 0 aliphatic heterocycles. The van der Waals surface area contributed by atoms with Gasteiger partial charge in [0.1, 0.15) is 5.82 Å². The third kappa shape index (κ3) is 2.68. The van der Waals surface area contributed by atoms with Crippen LogP contribution in [0, 0.1) is 0 Å². The van der Waals surface area contributed by atoms with Crippen LogP contribution in [0.4, 0.5) is 5.69 Å². The van der Waals surface area contributed by atoms with Gasteiger partial charge in [-0.2, -0.15) is 0 Å². The minimum atomic E-state index is 0.362. The largest absolute Gasteiger partial charge is 0.399 e. The Morgan fingerprint density at radius 3 is 2.67 bits per heavy atom. The Hall–Kier alpha value is -1.81. The van der Waals surface area contributed by atoms with Crippen LogP contribution in [0.2, 0.25) is 0 Å². The second-order valence-electron chi connectivity index (χ2n) is 5.55. The summed E-state index contributed by atoms with van der Waals surface area (Å²) in [5.74, 6) is 1.45. The van der Waals surface area contributed by atoms with Crippen LogP contribution >= 0.6 is 15.9 Å². The zero-order valence-corrected chi connectivity index (χ0v) is 13.8. The summed E-state index contributed by atoms with van der Waals surface area (Å²) in [5.41, 5.74) is 9.97. The van der Waals surface area contributed by atoms with Gasteiger partial charge < -0.3 is 10.3 Å². The predicted molar refractivity (Wildman–Crippen MR) is 91.5 cm³/mol. The van der Waals surface area contributed by atoms with E-state index < -0.39 is 0 Å². The summed E-state index contributed by atoms with van der Waals surface area (Å²) in [6.45, 7) is 5.14. The Morgan fingerprint density at radius 1 is 1.19 bits per heavy atom. The number of nitrogens with zero attached hydrogens (tertiary/aromatic N) is 2. The predicted octanol–water partition coefficient (Wildman–Crippen LogP) is 4.55. The van der Waals surface area contributed by atoms with E-state index in [1.54, 1.807) is 0 Å². The number of imidazole rings is 1. The Bertz CT molecular complexity index is 790. The Balaban J connectivity index is 2.16. The van der Waals surface area contributed by atoms with E-state index in [-0.39, 0.29) is 0 Å². The van der Waals surface area contributed by atoms with E-state index in [4.69, 9.17) is 10.7 Å². The van der Waals surface area contributed by atoms with Crippen LogP contribution < -0.4 is 5.73 Å². The van der Waals surface area contributed by atoms with Crippen molar-refractivity contribution in [2.24, 2.45) is 0 Å². The van der Waals surface area contributed by atoms with Gasteiger partial charge in [0.05, 0.1) is 17.6 Å². The monoisotopic (exact) mass is 343 g/mol. The molecular formula is C17H18BrN3. The topological polar surface area (TPSA) is 43.8 Å². The fourth-order valence-electron chi connectivity index (χ4n) is 2.57. The maximum absolute atomic E-state index is 5.88. The molecule has 3 rings (SSSR count). The van der Waals surface area contributed by atoms with Gasteiger partial charge in [0.15, 0.2) is 0 Å². The molecule has 0 amide bonds. The van der Waals surface area contributed by atoms with Gasteiger partial charge in [-0.3, -0.25) is 0 Å². The highest BCUT2D eigenvalue weighted by Gasteiger charge is 2.14. The number of aromatic nitrogens is 2. The zero-order chi connectivity index (χ0) is 15.0. The van der Waals surface area contributed by atoms with Crippen LogP contribution in [0.3, 0.4) is 0 Å². The molecule has 0 spiro atoms. The first-order valence-electron chi connectivity index (χ1n) is 7.05. The molecule has 3 aromatic rings. The summed E-state index contributed by atoms with van der Waals surface area (Å²) in [7, 11) is 0. The molecule has 0 bridgehead atoms. The summed E-state index contributed by atoms with van der Waals surface area (Å²) in [4.78, 5) is 4.77. The molecule has 3 nitrogen and oxygen atoms in total. The van der Waals surface area contributed by atoms with Gasteiger partial charge in [-0.25, -0.2) is 4.98 Å². The first kappa shape index (κ1) is 14.1. The first-order valence-corrected chi connectivity index (χ1v) is 7.84. The van der Waals surface area contributed by atoms with Crippen molar-refractivity contribution in [1.29, 1.82) is 0 Å². The lowest BCUT2D eigenvalue weighted by atomic mass is 10.2. The minimum Gasteiger partial charge on any atom is -0.399 e. The van der Waals surface area contributed by atoms with Gasteiger partial charge in [-0.1, -0.05) is 48.0 Å². The van der Waals surface area contributed by atoms with Crippen molar-refractivity contribution >= 4 is 32.7 Å². The molecule has 1 aromatic heterocycles. The molecule has 0 fully saturated rings. The molecule has 0 radical (unpaired) electrons. The number of hydrogen-bond donors (Lipinski definition) is 1.